The number of carbonyl (C=O) groups excluding carboxylic acids is 1. The summed E-state index contributed by atoms with van der Waals surface area (Å²) >= 11 is 0. The first-order valence-electron chi connectivity index (χ1n) is 6.88. The van der Waals surface area contributed by atoms with E-state index in [4.69, 9.17) is 4.74 Å². The van der Waals surface area contributed by atoms with Crippen molar-refractivity contribution in [2.45, 2.75) is 38.3 Å². The topological polar surface area (TPSA) is 50.4 Å². The number of amides is 1. The van der Waals surface area contributed by atoms with Gasteiger partial charge in [-0.15, -0.1) is 0 Å². The Labute approximate surface area is 114 Å². The molecule has 4 heteroatoms. The molecule has 0 radical (unpaired) electrons. The number of hydrogen-bond donors (Lipinski definition) is 2. The Kier molecular flexibility index (Phi) is 4.93. The first-order valence-corrected chi connectivity index (χ1v) is 6.88. The fourth-order valence-electron chi connectivity index (χ4n) is 2.36. The molecule has 1 aromatic carbocycles. The molecule has 1 aliphatic rings. The van der Waals surface area contributed by atoms with Crippen molar-refractivity contribution < 1.29 is 9.53 Å². The molecule has 2 unspecified atom stereocenters. The molecule has 2 atom stereocenters. The fourth-order valence-corrected chi connectivity index (χ4v) is 2.36. The van der Waals surface area contributed by atoms with Crippen LogP contribution in [0.5, 0.6) is 0 Å². The summed E-state index contributed by atoms with van der Waals surface area (Å²) in [6, 6.07) is 8.10. The van der Waals surface area contributed by atoms with Gasteiger partial charge in [0, 0.05) is 18.3 Å². The predicted octanol–water partition coefficient (Wildman–Crippen LogP) is 2.47. The van der Waals surface area contributed by atoms with Gasteiger partial charge in [-0.3, -0.25) is 4.79 Å². The molecule has 0 bridgehead atoms. The highest BCUT2D eigenvalue weighted by Crippen LogP contribution is 2.23. The molecule has 2 rings (SSSR count). The maximum absolute atomic E-state index is 12.0. The minimum atomic E-state index is 0.0302. The lowest BCUT2D eigenvalue weighted by Gasteiger charge is -2.17. The highest BCUT2D eigenvalue weighted by molar-refractivity contribution is 5.91. The zero-order valence-corrected chi connectivity index (χ0v) is 11.6. The van der Waals surface area contributed by atoms with Crippen molar-refractivity contribution in [2.75, 3.05) is 19.0 Å². The molecular weight excluding hydrogens is 240 g/mol. The van der Waals surface area contributed by atoms with Gasteiger partial charge in [0.2, 0.25) is 5.91 Å². The summed E-state index contributed by atoms with van der Waals surface area (Å²) in [5.74, 6) is 0.0302. The van der Waals surface area contributed by atoms with Crippen LogP contribution in [-0.4, -0.2) is 25.7 Å². The second-order valence-corrected chi connectivity index (χ2v) is 4.98. The van der Waals surface area contributed by atoms with Crippen LogP contribution in [0.25, 0.3) is 0 Å². The van der Waals surface area contributed by atoms with E-state index in [1.54, 1.807) is 0 Å². The Morgan fingerprint density at radius 3 is 2.95 bits per heavy atom. The normalized spacial score (nSPS) is 20.2. The van der Waals surface area contributed by atoms with E-state index in [1.807, 2.05) is 31.3 Å². The van der Waals surface area contributed by atoms with E-state index in [0.29, 0.717) is 6.42 Å². The predicted molar refractivity (Wildman–Crippen MR) is 76.1 cm³/mol. The summed E-state index contributed by atoms with van der Waals surface area (Å²) in [6.45, 7) is 2.86. The highest BCUT2D eigenvalue weighted by Gasteiger charge is 2.19. The fraction of sp³-hybridized carbons (Fsp3) is 0.533. The smallest absolute Gasteiger partial charge is 0.226 e. The van der Waals surface area contributed by atoms with Gasteiger partial charge in [-0.1, -0.05) is 18.2 Å². The average Bonchev–Trinajstić information content (AvgIpc) is 2.91. The van der Waals surface area contributed by atoms with Crippen LogP contribution in [0.2, 0.25) is 0 Å². The summed E-state index contributed by atoms with van der Waals surface area (Å²) in [5, 5.41) is 6.19. The van der Waals surface area contributed by atoms with Crippen LogP contribution in [-0.2, 0) is 9.53 Å². The Morgan fingerprint density at radius 2 is 2.26 bits per heavy atom. The lowest BCUT2D eigenvalue weighted by atomic mass is 10.1. The quantitative estimate of drug-likeness (QED) is 0.857. The van der Waals surface area contributed by atoms with Crippen molar-refractivity contribution >= 4 is 11.6 Å². The van der Waals surface area contributed by atoms with Crippen LogP contribution in [0, 0.1) is 0 Å². The van der Waals surface area contributed by atoms with E-state index >= 15 is 0 Å². The SMILES string of the molecule is CNC(C)c1ccccc1NC(=O)CC1CCCO1. The molecular formula is C15H22N2O2. The van der Waals surface area contributed by atoms with Crippen LogP contribution < -0.4 is 10.6 Å². The largest absolute Gasteiger partial charge is 0.378 e. The van der Waals surface area contributed by atoms with Crippen molar-refractivity contribution in [3.05, 3.63) is 29.8 Å². The van der Waals surface area contributed by atoms with Crippen molar-refractivity contribution in [1.29, 1.82) is 0 Å². The third-order valence-electron chi connectivity index (χ3n) is 3.57. The number of benzene rings is 1. The molecule has 1 aliphatic heterocycles. The van der Waals surface area contributed by atoms with Crippen molar-refractivity contribution in [2.24, 2.45) is 0 Å². The third-order valence-corrected chi connectivity index (χ3v) is 3.57. The number of para-hydroxylation sites is 1. The number of hydrogen-bond acceptors (Lipinski definition) is 3. The first kappa shape index (κ1) is 14.0. The molecule has 1 fully saturated rings. The van der Waals surface area contributed by atoms with Gasteiger partial charge in [0.1, 0.15) is 0 Å². The molecule has 4 nitrogen and oxygen atoms in total. The molecule has 0 spiro atoms. The first-order chi connectivity index (χ1) is 9.20. The van der Waals surface area contributed by atoms with Gasteiger partial charge in [0.05, 0.1) is 12.5 Å². The van der Waals surface area contributed by atoms with Crippen LogP contribution in [0.3, 0.4) is 0 Å². The Balaban J connectivity index is 1.99. The lowest BCUT2D eigenvalue weighted by molar-refractivity contribution is -0.118. The second kappa shape index (κ2) is 6.68. The van der Waals surface area contributed by atoms with Gasteiger partial charge in [-0.05, 0) is 38.4 Å². The second-order valence-electron chi connectivity index (χ2n) is 4.98. The molecule has 0 aromatic heterocycles. The van der Waals surface area contributed by atoms with Crippen LogP contribution >= 0.6 is 0 Å². The van der Waals surface area contributed by atoms with Gasteiger partial charge >= 0.3 is 0 Å². The van der Waals surface area contributed by atoms with E-state index in [-0.39, 0.29) is 18.1 Å². The number of rotatable bonds is 5. The van der Waals surface area contributed by atoms with Crippen LogP contribution in [0.1, 0.15) is 37.8 Å². The van der Waals surface area contributed by atoms with E-state index in [0.717, 1.165) is 30.7 Å². The Bertz CT molecular complexity index is 428. The number of carbonyl (C=O) groups is 1. The van der Waals surface area contributed by atoms with E-state index < -0.39 is 0 Å². The van der Waals surface area contributed by atoms with Gasteiger partial charge in [-0.2, -0.15) is 0 Å². The maximum atomic E-state index is 12.0. The summed E-state index contributed by atoms with van der Waals surface area (Å²) < 4.78 is 5.49. The zero-order valence-electron chi connectivity index (χ0n) is 11.6. The molecule has 2 N–H and O–H groups in total. The lowest BCUT2D eigenvalue weighted by Crippen LogP contribution is -2.21. The van der Waals surface area contributed by atoms with Crippen molar-refractivity contribution in [3.8, 4) is 0 Å². The number of ether oxygens (including phenoxy) is 1. The van der Waals surface area contributed by atoms with Gasteiger partial charge in [0.25, 0.3) is 0 Å². The standard InChI is InChI=1S/C15H22N2O2/c1-11(16-2)13-7-3-4-8-14(13)17-15(18)10-12-6-5-9-19-12/h3-4,7-8,11-12,16H,5-6,9-10H2,1-2H3,(H,17,18). The van der Waals surface area contributed by atoms with Gasteiger partial charge in [0.15, 0.2) is 0 Å². The van der Waals surface area contributed by atoms with Crippen molar-refractivity contribution in [3.63, 3.8) is 0 Å². The minimum absolute atomic E-state index is 0.0302. The molecule has 1 aromatic rings. The molecule has 1 heterocycles. The van der Waals surface area contributed by atoms with Gasteiger partial charge < -0.3 is 15.4 Å². The minimum Gasteiger partial charge on any atom is -0.378 e. The Morgan fingerprint density at radius 1 is 1.47 bits per heavy atom. The molecule has 19 heavy (non-hydrogen) atoms. The molecule has 104 valence electrons. The molecule has 0 saturated carbocycles. The van der Waals surface area contributed by atoms with E-state index in [2.05, 4.69) is 17.6 Å². The number of nitrogens with one attached hydrogen (secondary N) is 2. The third kappa shape index (κ3) is 3.78. The summed E-state index contributed by atoms with van der Waals surface area (Å²) in [6.07, 6.45) is 2.59. The van der Waals surface area contributed by atoms with E-state index in [9.17, 15) is 4.79 Å². The molecule has 0 aliphatic carbocycles. The average molecular weight is 262 g/mol. The van der Waals surface area contributed by atoms with Gasteiger partial charge in [-0.25, -0.2) is 0 Å². The highest BCUT2D eigenvalue weighted by atomic mass is 16.5. The van der Waals surface area contributed by atoms with Crippen LogP contribution in [0.15, 0.2) is 24.3 Å². The van der Waals surface area contributed by atoms with E-state index in [1.165, 1.54) is 0 Å². The Hall–Kier alpha value is -1.39. The number of anilines is 1. The summed E-state index contributed by atoms with van der Waals surface area (Å²) in [5.41, 5.74) is 1.98. The van der Waals surface area contributed by atoms with Crippen LogP contribution in [0.4, 0.5) is 5.69 Å². The van der Waals surface area contributed by atoms with Crippen molar-refractivity contribution in [1.82, 2.24) is 5.32 Å². The monoisotopic (exact) mass is 262 g/mol. The summed E-state index contributed by atoms with van der Waals surface area (Å²) in [7, 11) is 1.91. The molecule has 1 amide bonds. The maximum Gasteiger partial charge on any atom is 0.226 e. The summed E-state index contributed by atoms with van der Waals surface area (Å²) in [4.78, 5) is 12.0. The molecule has 1 saturated heterocycles. The zero-order chi connectivity index (χ0) is 13.7.